The minimum atomic E-state index is -3.88. The van der Waals surface area contributed by atoms with Gasteiger partial charge in [0, 0.05) is 26.8 Å². The number of hydrogen-bond acceptors (Lipinski definition) is 5. The Bertz CT molecular complexity index is 529. The molecular weight excluding hydrogens is 260 g/mol. The van der Waals surface area contributed by atoms with Crippen LogP contribution in [0.1, 0.15) is 0 Å². The maximum atomic E-state index is 12.1. The lowest BCUT2D eigenvalue weighted by atomic mass is 10.3. The highest BCUT2D eigenvalue weighted by Crippen LogP contribution is 2.25. The topological polar surface area (TPSA) is 89.8 Å². The predicted octanol–water partition coefficient (Wildman–Crippen LogP) is 0.862. The lowest BCUT2D eigenvalue weighted by molar-refractivity contribution is -0.387. The monoisotopic (exact) mass is 274 g/mol. The lowest BCUT2D eigenvalue weighted by Gasteiger charge is -2.16. The van der Waals surface area contributed by atoms with Crippen molar-refractivity contribution in [3.63, 3.8) is 0 Å². The first-order valence-corrected chi connectivity index (χ1v) is 6.54. The summed E-state index contributed by atoms with van der Waals surface area (Å²) in [5.41, 5.74) is -0.429. The molecule has 100 valence electrons. The van der Waals surface area contributed by atoms with Crippen molar-refractivity contribution in [3.8, 4) is 0 Å². The molecule has 0 unspecified atom stereocenters. The number of para-hydroxylation sites is 1. The Hall–Kier alpha value is -1.51. The van der Waals surface area contributed by atoms with Gasteiger partial charge in [-0.2, -0.15) is 4.31 Å². The van der Waals surface area contributed by atoms with E-state index in [1.54, 1.807) is 0 Å². The molecule has 18 heavy (non-hydrogen) atoms. The Morgan fingerprint density at radius 3 is 2.56 bits per heavy atom. The Kier molecular flexibility index (Phi) is 4.76. The number of methoxy groups -OCH3 is 1. The molecule has 8 heteroatoms. The molecule has 7 nitrogen and oxygen atoms in total. The van der Waals surface area contributed by atoms with E-state index in [1.165, 1.54) is 32.4 Å². The molecule has 0 bridgehead atoms. The SMILES string of the molecule is COCCN(C)S(=O)(=O)c1ccccc1[N+](=O)[O-]. The average Bonchev–Trinajstić information content (AvgIpc) is 2.35. The fourth-order valence-corrected chi connectivity index (χ4v) is 2.64. The lowest BCUT2D eigenvalue weighted by Crippen LogP contribution is -2.30. The molecule has 1 aromatic rings. The van der Waals surface area contributed by atoms with Gasteiger partial charge < -0.3 is 4.74 Å². The zero-order valence-electron chi connectivity index (χ0n) is 10.1. The Labute approximate surface area is 105 Å². The van der Waals surface area contributed by atoms with Crippen molar-refractivity contribution in [2.24, 2.45) is 0 Å². The van der Waals surface area contributed by atoms with Crippen LogP contribution in [0.4, 0.5) is 5.69 Å². The first kappa shape index (κ1) is 14.6. The van der Waals surface area contributed by atoms with Gasteiger partial charge in [0.05, 0.1) is 11.5 Å². The van der Waals surface area contributed by atoms with E-state index in [4.69, 9.17) is 4.74 Å². The summed E-state index contributed by atoms with van der Waals surface area (Å²) in [6, 6.07) is 5.25. The zero-order valence-corrected chi connectivity index (χ0v) is 10.9. The van der Waals surface area contributed by atoms with E-state index in [9.17, 15) is 18.5 Å². The van der Waals surface area contributed by atoms with Crippen molar-refractivity contribution in [1.29, 1.82) is 0 Å². The molecule has 0 amide bonds. The summed E-state index contributed by atoms with van der Waals surface area (Å²) >= 11 is 0. The van der Waals surface area contributed by atoms with Gasteiger partial charge >= 0.3 is 0 Å². The summed E-state index contributed by atoms with van der Waals surface area (Å²) in [6.07, 6.45) is 0. The van der Waals surface area contributed by atoms with Crippen molar-refractivity contribution in [2.75, 3.05) is 27.3 Å². The van der Waals surface area contributed by atoms with Crippen LogP contribution in [0.15, 0.2) is 29.2 Å². The van der Waals surface area contributed by atoms with Crippen LogP contribution < -0.4 is 0 Å². The summed E-state index contributed by atoms with van der Waals surface area (Å²) in [4.78, 5) is 9.78. The summed E-state index contributed by atoms with van der Waals surface area (Å²) in [7, 11) is -1.07. The molecule has 0 N–H and O–H groups in total. The molecule has 0 aromatic heterocycles. The molecular formula is C10H14N2O5S. The third-order valence-electron chi connectivity index (χ3n) is 2.36. The van der Waals surface area contributed by atoms with E-state index in [0.717, 1.165) is 10.4 Å². The van der Waals surface area contributed by atoms with Gasteiger partial charge in [-0.05, 0) is 6.07 Å². The molecule has 0 saturated carbocycles. The normalized spacial score (nSPS) is 11.7. The van der Waals surface area contributed by atoms with Crippen LogP contribution in [-0.4, -0.2) is 45.0 Å². The maximum absolute atomic E-state index is 12.1. The van der Waals surface area contributed by atoms with Crippen molar-refractivity contribution in [2.45, 2.75) is 4.90 Å². The largest absolute Gasteiger partial charge is 0.383 e. The highest BCUT2D eigenvalue weighted by atomic mass is 32.2. The second-order valence-electron chi connectivity index (χ2n) is 3.54. The van der Waals surface area contributed by atoms with E-state index in [2.05, 4.69) is 0 Å². The van der Waals surface area contributed by atoms with E-state index < -0.39 is 20.6 Å². The van der Waals surface area contributed by atoms with E-state index in [-0.39, 0.29) is 18.0 Å². The van der Waals surface area contributed by atoms with E-state index >= 15 is 0 Å². The van der Waals surface area contributed by atoms with Gasteiger partial charge in [-0.3, -0.25) is 10.1 Å². The van der Waals surface area contributed by atoms with Gasteiger partial charge in [-0.15, -0.1) is 0 Å². The van der Waals surface area contributed by atoms with Crippen LogP contribution in [0.2, 0.25) is 0 Å². The average molecular weight is 274 g/mol. The molecule has 0 radical (unpaired) electrons. The van der Waals surface area contributed by atoms with Crippen molar-refractivity contribution in [3.05, 3.63) is 34.4 Å². The van der Waals surface area contributed by atoms with Crippen LogP contribution in [-0.2, 0) is 14.8 Å². The number of nitrogens with zero attached hydrogens (tertiary/aromatic N) is 2. The molecule has 1 rings (SSSR count). The summed E-state index contributed by atoms with van der Waals surface area (Å²) in [5.74, 6) is 0. The van der Waals surface area contributed by atoms with Crippen LogP contribution >= 0.6 is 0 Å². The minimum Gasteiger partial charge on any atom is -0.383 e. The molecule has 0 aliphatic carbocycles. The van der Waals surface area contributed by atoms with Crippen molar-refractivity contribution in [1.82, 2.24) is 4.31 Å². The van der Waals surface area contributed by atoms with Crippen LogP contribution in [0.3, 0.4) is 0 Å². The summed E-state index contributed by atoms with van der Waals surface area (Å²) in [5, 5.41) is 10.8. The number of sulfonamides is 1. The van der Waals surface area contributed by atoms with Gasteiger partial charge in [-0.25, -0.2) is 8.42 Å². The van der Waals surface area contributed by atoms with E-state index in [1.807, 2.05) is 0 Å². The Morgan fingerprint density at radius 1 is 1.39 bits per heavy atom. The smallest absolute Gasteiger partial charge is 0.289 e. The van der Waals surface area contributed by atoms with Gasteiger partial charge in [0.2, 0.25) is 10.0 Å². The predicted molar refractivity (Wildman–Crippen MR) is 64.8 cm³/mol. The number of nitro benzene ring substituents is 1. The van der Waals surface area contributed by atoms with E-state index in [0.29, 0.717) is 0 Å². The van der Waals surface area contributed by atoms with Crippen LogP contribution in [0, 0.1) is 10.1 Å². The van der Waals surface area contributed by atoms with Crippen LogP contribution in [0.25, 0.3) is 0 Å². The number of rotatable bonds is 6. The second kappa shape index (κ2) is 5.89. The molecule has 0 spiro atoms. The second-order valence-corrected chi connectivity index (χ2v) is 5.56. The third-order valence-corrected chi connectivity index (χ3v) is 4.26. The number of nitro groups is 1. The summed E-state index contributed by atoms with van der Waals surface area (Å²) in [6.45, 7) is 0.348. The fraction of sp³-hybridized carbons (Fsp3) is 0.400. The molecule has 0 saturated heterocycles. The van der Waals surface area contributed by atoms with Crippen molar-refractivity contribution < 1.29 is 18.1 Å². The van der Waals surface area contributed by atoms with Gasteiger partial charge in [0.1, 0.15) is 0 Å². The molecule has 0 aliphatic heterocycles. The number of ether oxygens (including phenoxy) is 1. The molecule has 0 heterocycles. The quantitative estimate of drug-likeness (QED) is 0.567. The first-order valence-electron chi connectivity index (χ1n) is 5.10. The number of likely N-dealkylation sites (N-methyl/N-ethyl adjacent to an activating group) is 1. The Balaban J connectivity index is 3.16. The van der Waals surface area contributed by atoms with Crippen molar-refractivity contribution >= 4 is 15.7 Å². The first-order chi connectivity index (χ1) is 8.41. The van der Waals surface area contributed by atoms with Gasteiger partial charge in [0.15, 0.2) is 4.90 Å². The molecule has 0 aliphatic rings. The van der Waals surface area contributed by atoms with Crippen LogP contribution in [0.5, 0.6) is 0 Å². The maximum Gasteiger partial charge on any atom is 0.289 e. The minimum absolute atomic E-state index is 0.130. The molecule has 1 aromatic carbocycles. The number of benzene rings is 1. The third kappa shape index (κ3) is 3.03. The molecule has 0 fully saturated rings. The molecule has 0 atom stereocenters. The van der Waals surface area contributed by atoms with Gasteiger partial charge in [-0.1, -0.05) is 12.1 Å². The Morgan fingerprint density at radius 2 is 2.00 bits per heavy atom. The standard InChI is InChI=1S/C10H14N2O5S/c1-11(7-8-17-2)18(15,16)10-6-4-3-5-9(10)12(13)14/h3-6H,7-8H2,1-2H3. The highest BCUT2D eigenvalue weighted by Gasteiger charge is 2.28. The summed E-state index contributed by atoms with van der Waals surface area (Å²) < 4.78 is 30.1. The highest BCUT2D eigenvalue weighted by molar-refractivity contribution is 7.89. The van der Waals surface area contributed by atoms with Gasteiger partial charge in [0.25, 0.3) is 5.69 Å². The zero-order chi connectivity index (χ0) is 13.8. The number of hydrogen-bond donors (Lipinski definition) is 0. The fourth-order valence-electron chi connectivity index (χ4n) is 1.33.